The molecule has 0 atom stereocenters. The van der Waals surface area contributed by atoms with E-state index in [-0.39, 0.29) is 17.2 Å². The molecule has 0 bridgehead atoms. The van der Waals surface area contributed by atoms with Crippen LogP contribution in [0.4, 0.5) is 0 Å². The lowest BCUT2D eigenvalue weighted by Gasteiger charge is -2.04. The number of rotatable bonds is 5. The van der Waals surface area contributed by atoms with Crippen molar-refractivity contribution in [1.82, 2.24) is 14.9 Å². The van der Waals surface area contributed by atoms with Crippen LogP contribution in [0.1, 0.15) is 17.1 Å². The topological polar surface area (TPSA) is 85.1 Å². The summed E-state index contributed by atoms with van der Waals surface area (Å²) in [5.41, 5.74) is 2.03. The maximum atomic E-state index is 12.3. The van der Waals surface area contributed by atoms with Gasteiger partial charge in [0.25, 0.3) is 0 Å². The number of benzene rings is 1. The van der Waals surface area contributed by atoms with Crippen molar-refractivity contribution in [2.75, 3.05) is 0 Å². The van der Waals surface area contributed by atoms with Crippen molar-refractivity contribution in [2.24, 2.45) is 0 Å². The summed E-state index contributed by atoms with van der Waals surface area (Å²) in [4.78, 5) is 4.56. The molecule has 2 heterocycles. The number of aryl methyl sites for hydroxylation is 2. The Kier molecular flexibility index (Phi) is 4.29. The first-order chi connectivity index (χ1) is 11.0. The number of nitrogens with one attached hydrogen (secondary N) is 1. The molecular weight excluding hydrogens is 334 g/mol. The van der Waals surface area contributed by atoms with Gasteiger partial charge in [0.05, 0.1) is 12.2 Å². The molecule has 0 amide bonds. The lowest BCUT2D eigenvalue weighted by atomic mass is 10.2. The fourth-order valence-electron chi connectivity index (χ4n) is 2.20. The molecule has 23 heavy (non-hydrogen) atoms. The second-order valence-electron chi connectivity index (χ2n) is 4.99. The lowest BCUT2D eigenvalue weighted by molar-refractivity contribution is 0.390. The normalized spacial score (nSPS) is 11.7. The molecule has 2 aromatic heterocycles. The Morgan fingerprint density at radius 3 is 2.61 bits per heavy atom. The molecule has 1 aromatic carbocycles. The van der Waals surface area contributed by atoms with Crippen molar-refractivity contribution in [3.8, 4) is 10.6 Å². The monoisotopic (exact) mass is 349 g/mol. The molecule has 0 spiro atoms. The highest BCUT2D eigenvalue weighted by Gasteiger charge is 2.24. The van der Waals surface area contributed by atoms with Crippen LogP contribution in [0.5, 0.6) is 0 Å². The summed E-state index contributed by atoms with van der Waals surface area (Å²) in [6.45, 7) is 3.29. The molecule has 0 fully saturated rings. The van der Waals surface area contributed by atoms with Crippen molar-refractivity contribution in [1.29, 1.82) is 0 Å². The molecule has 8 heteroatoms. The second-order valence-corrected chi connectivity index (χ2v) is 7.55. The maximum Gasteiger partial charge on any atom is 0.246 e. The van der Waals surface area contributed by atoms with Gasteiger partial charge in [-0.3, -0.25) is 0 Å². The highest BCUT2D eigenvalue weighted by atomic mass is 32.2. The molecule has 1 N–H and O–H groups in total. The van der Waals surface area contributed by atoms with Crippen LogP contribution in [0.3, 0.4) is 0 Å². The van der Waals surface area contributed by atoms with Gasteiger partial charge in [0, 0.05) is 10.9 Å². The maximum absolute atomic E-state index is 12.3. The molecule has 120 valence electrons. The van der Waals surface area contributed by atoms with Crippen LogP contribution in [0.15, 0.2) is 45.1 Å². The fraction of sp³-hybridized carbons (Fsp3) is 0.200. The molecule has 0 aliphatic heterocycles. The largest absolute Gasteiger partial charge is 0.360 e. The predicted molar refractivity (Wildman–Crippen MR) is 87.6 cm³/mol. The number of hydrogen-bond donors (Lipinski definition) is 1. The summed E-state index contributed by atoms with van der Waals surface area (Å²) < 4.78 is 32.2. The first kappa shape index (κ1) is 15.9. The Bertz CT molecular complexity index is 895. The molecule has 3 rings (SSSR count). The number of nitrogens with zero attached hydrogens (tertiary/aromatic N) is 2. The minimum atomic E-state index is -3.67. The van der Waals surface area contributed by atoms with Crippen LogP contribution < -0.4 is 4.72 Å². The molecule has 0 aliphatic carbocycles. The van der Waals surface area contributed by atoms with Crippen LogP contribution in [0.25, 0.3) is 10.6 Å². The van der Waals surface area contributed by atoms with Gasteiger partial charge in [0.15, 0.2) is 5.76 Å². The third-order valence-electron chi connectivity index (χ3n) is 3.25. The minimum Gasteiger partial charge on any atom is -0.360 e. The number of sulfonamides is 1. The average Bonchev–Trinajstić information content (AvgIpc) is 3.13. The van der Waals surface area contributed by atoms with E-state index in [1.54, 1.807) is 13.8 Å². The molecule has 0 radical (unpaired) electrons. The van der Waals surface area contributed by atoms with Crippen LogP contribution in [-0.2, 0) is 16.6 Å². The standard InChI is InChI=1S/C15H15N3O3S2/c1-10-14(11(2)21-18-10)23(19,20)16-8-13-9-22-15(17-13)12-6-4-3-5-7-12/h3-7,9,16H,8H2,1-2H3. The van der Waals surface area contributed by atoms with Crippen molar-refractivity contribution >= 4 is 21.4 Å². The summed E-state index contributed by atoms with van der Waals surface area (Å²) in [7, 11) is -3.67. The van der Waals surface area contributed by atoms with Crippen LogP contribution >= 0.6 is 11.3 Å². The van der Waals surface area contributed by atoms with E-state index in [2.05, 4.69) is 14.9 Å². The zero-order chi connectivity index (χ0) is 16.4. The summed E-state index contributed by atoms with van der Waals surface area (Å²) >= 11 is 1.48. The van der Waals surface area contributed by atoms with Gasteiger partial charge >= 0.3 is 0 Å². The SMILES string of the molecule is Cc1noc(C)c1S(=O)(=O)NCc1csc(-c2ccccc2)n1. The van der Waals surface area contributed by atoms with Gasteiger partial charge in [0.1, 0.15) is 15.6 Å². The van der Waals surface area contributed by atoms with E-state index in [1.165, 1.54) is 11.3 Å². The summed E-state index contributed by atoms with van der Waals surface area (Å²) in [5.74, 6) is 0.276. The van der Waals surface area contributed by atoms with Gasteiger partial charge in [-0.1, -0.05) is 35.5 Å². The Labute approximate surface area is 138 Å². The quantitative estimate of drug-likeness (QED) is 0.765. The fourth-order valence-corrected chi connectivity index (χ4v) is 4.35. The molecule has 0 saturated heterocycles. The number of hydrogen-bond acceptors (Lipinski definition) is 6. The van der Waals surface area contributed by atoms with Crippen molar-refractivity contribution < 1.29 is 12.9 Å². The predicted octanol–water partition coefficient (Wildman–Crippen LogP) is 2.89. The minimum absolute atomic E-state index is 0.0935. The second kappa shape index (κ2) is 6.23. The zero-order valence-electron chi connectivity index (χ0n) is 12.6. The van der Waals surface area contributed by atoms with E-state index in [4.69, 9.17) is 4.52 Å². The summed E-state index contributed by atoms with van der Waals surface area (Å²) in [5, 5.41) is 6.38. The van der Waals surface area contributed by atoms with E-state index < -0.39 is 10.0 Å². The van der Waals surface area contributed by atoms with E-state index in [0.717, 1.165) is 10.6 Å². The van der Waals surface area contributed by atoms with Gasteiger partial charge in [-0.25, -0.2) is 18.1 Å². The van der Waals surface area contributed by atoms with E-state index in [9.17, 15) is 8.42 Å². The van der Waals surface area contributed by atoms with Crippen LogP contribution in [0, 0.1) is 13.8 Å². The molecular formula is C15H15N3O3S2. The molecule has 0 unspecified atom stereocenters. The summed E-state index contributed by atoms with van der Waals surface area (Å²) in [6.07, 6.45) is 0. The van der Waals surface area contributed by atoms with Gasteiger partial charge in [-0.15, -0.1) is 11.3 Å². The molecule has 0 saturated carbocycles. The lowest BCUT2D eigenvalue weighted by Crippen LogP contribution is -2.24. The highest BCUT2D eigenvalue weighted by molar-refractivity contribution is 7.89. The van der Waals surface area contributed by atoms with Gasteiger partial charge in [-0.2, -0.15) is 0 Å². The summed E-state index contributed by atoms with van der Waals surface area (Å²) in [6, 6.07) is 9.76. The number of thiazole rings is 1. The van der Waals surface area contributed by atoms with E-state index in [1.807, 2.05) is 35.7 Å². The van der Waals surface area contributed by atoms with E-state index >= 15 is 0 Å². The van der Waals surface area contributed by atoms with Crippen LogP contribution in [-0.4, -0.2) is 18.6 Å². The first-order valence-corrected chi connectivity index (χ1v) is 9.26. The Morgan fingerprint density at radius 2 is 1.96 bits per heavy atom. The highest BCUT2D eigenvalue weighted by Crippen LogP contribution is 2.24. The van der Waals surface area contributed by atoms with Crippen molar-refractivity contribution in [2.45, 2.75) is 25.3 Å². The molecule has 0 aliphatic rings. The average molecular weight is 349 g/mol. The zero-order valence-corrected chi connectivity index (χ0v) is 14.2. The van der Waals surface area contributed by atoms with Crippen LogP contribution in [0.2, 0.25) is 0 Å². The molecule has 3 aromatic rings. The Balaban J connectivity index is 1.75. The Morgan fingerprint density at radius 1 is 1.22 bits per heavy atom. The third-order valence-corrected chi connectivity index (χ3v) is 5.84. The Hall–Kier alpha value is -2.03. The van der Waals surface area contributed by atoms with Gasteiger partial charge < -0.3 is 4.52 Å². The third kappa shape index (κ3) is 3.34. The first-order valence-electron chi connectivity index (χ1n) is 6.90. The van der Waals surface area contributed by atoms with E-state index in [0.29, 0.717) is 11.4 Å². The van der Waals surface area contributed by atoms with Crippen molar-refractivity contribution in [3.63, 3.8) is 0 Å². The van der Waals surface area contributed by atoms with Crippen molar-refractivity contribution in [3.05, 3.63) is 52.9 Å². The molecule has 6 nitrogen and oxygen atoms in total. The number of aromatic nitrogens is 2. The van der Waals surface area contributed by atoms with Gasteiger partial charge in [-0.05, 0) is 13.8 Å². The smallest absolute Gasteiger partial charge is 0.246 e. The van der Waals surface area contributed by atoms with Gasteiger partial charge in [0.2, 0.25) is 10.0 Å².